The average Bonchev–Trinajstić information content (AvgIpc) is 2.30. The second kappa shape index (κ2) is 14.1. The first-order chi connectivity index (χ1) is 8.27. The van der Waals surface area contributed by atoms with Crippen molar-refractivity contribution in [3.05, 3.63) is 0 Å². The van der Waals surface area contributed by atoms with Crippen LogP contribution in [0.4, 0.5) is 0 Å². The first kappa shape index (κ1) is 17.0. The van der Waals surface area contributed by atoms with E-state index in [4.69, 9.17) is 18.0 Å². The molecule has 0 amide bonds. The quantitative estimate of drug-likeness (QED) is 0.315. The number of unbranched alkanes of at least 4 members (excludes halogenated alkanes) is 9. The van der Waals surface area contributed by atoms with Gasteiger partial charge in [0.15, 0.2) is 5.11 Å². The molecule has 0 aromatic rings. The van der Waals surface area contributed by atoms with Gasteiger partial charge in [0.05, 0.1) is 0 Å². The van der Waals surface area contributed by atoms with Gasteiger partial charge in [0, 0.05) is 5.75 Å². The van der Waals surface area contributed by atoms with Crippen molar-refractivity contribution in [2.24, 2.45) is 5.73 Å². The second-order valence-corrected chi connectivity index (χ2v) is 5.84. The minimum atomic E-state index is 0.391. The molecule has 4 heteroatoms. The zero-order valence-corrected chi connectivity index (χ0v) is 12.8. The highest BCUT2D eigenvalue weighted by molar-refractivity contribution is 7.98. The molecule has 0 heterocycles. The summed E-state index contributed by atoms with van der Waals surface area (Å²) in [6.07, 6.45) is 13.8. The van der Waals surface area contributed by atoms with Gasteiger partial charge in [-0.05, 0) is 18.6 Å². The lowest BCUT2D eigenvalue weighted by molar-refractivity contribution is 0.563. The van der Waals surface area contributed by atoms with E-state index in [-0.39, 0.29) is 0 Å². The van der Waals surface area contributed by atoms with E-state index in [1.54, 1.807) is 11.9 Å². The van der Waals surface area contributed by atoms with Crippen molar-refractivity contribution in [2.75, 3.05) is 5.75 Å². The van der Waals surface area contributed by atoms with Crippen LogP contribution in [0.15, 0.2) is 0 Å². The maximum atomic E-state index is 5.32. The fourth-order valence-electron chi connectivity index (χ4n) is 1.78. The highest BCUT2D eigenvalue weighted by Crippen LogP contribution is 2.11. The van der Waals surface area contributed by atoms with Gasteiger partial charge in [0.2, 0.25) is 0 Å². The summed E-state index contributed by atoms with van der Waals surface area (Å²) in [5.74, 6) is 1.10. The maximum absolute atomic E-state index is 5.32. The summed E-state index contributed by atoms with van der Waals surface area (Å²) in [5.41, 5.74) is 5.32. The molecule has 2 nitrogen and oxygen atoms in total. The first-order valence-corrected chi connectivity index (χ1v) is 8.34. The minimum absolute atomic E-state index is 0.391. The van der Waals surface area contributed by atoms with Gasteiger partial charge >= 0.3 is 0 Å². The third-order valence-electron chi connectivity index (χ3n) is 2.77. The van der Waals surface area contributed by atoms with Crippen LogP contribution in [0.2, 0.25) is 0 Å². The van der Waals surface area contributed by atoms with Crippen LogP contribution in [-0.2, 0) is 0 Å². The van der Waals surface area contributed by atoms with Crippen LogP contribution in [0.3, 0.4) is 0 Å². The molecule has 0 rings (SSSR count). The van der Waals surface area contributed by atoms with Crippen LogP contribution in [0, 0.1) is 0 Å². The molecule has 0 aromatic heterocycles. The van der Waals surface area contributed by atoms with E-state index in [0.717, 1.165) is 5.75 Å². The Balaban J connectivity index is 2.91. The molecule has 3 N–H and O–H groups in total. The molecule has 102 valence electrons. The predicted octanol–water partition coefficient (Wildman–Crippen LogP) is 4.39. The van der Waals surface area contributed by atoms with Gasteiger partial charge in [-0.1, -0.05) is 76.7 Å². The van der Waals surface area contributed by atoms with E-state index >= 15 is 0 Å². The molecule has 0 saturated carbocycles. The summed E-state index contributed by atoms with van der Waals surface area (Å²) in [7, 11) is 0. The Bertz CT molecular complexity index is 175. The molecule has 0 aromatic carbocycles. The maximum Gasteiger partial charge on any atom is 0.173 e. The molecule has 0 unspecified atom stereocenters. The van der Waals surface area contributed by atoms with Crippen molar-refractivity contribution in [2.45, 2.75) is 71.1 Å². The third kappa shape index (κ3) is 16.0. The Hall–Kier alpha value is 0.0400. The van der Waals surface area contributed by atoms with E-state index < -0.39 is 0 Å². The van der Waals surface area contributed by atoms with Crippen molar-refractivity contribution < 1.29 is 0 Å². The van der Waals surface area contributed by atoms with E-state index in [0.29, 0.717) is 5.11 Å². The van der Waals surface area contributed by atoms with Crippen molar-refractivity contribution >= 4 is 29.3 Å². The van der Waals surface area contributed by atoms with Crippen LogP contribution in [0.1, 0.15) is 71.1 Å². The zero-order chi connectivity index (χ0) is 12.8. The van der Waals surface area contributed by atoms with Crippen LogP contribution < -0.4 is 10.5 Å². The summed E-state index contributed by atoms with van der Waals surface area (Å²) in [4.78, 5) is 0. The Morgan fingerprint density at radius 1 is 0.941 bits per heavy atom. The summed E-state index contributed by atoms with van der Waals surface area (Å²) < 4.78 is 2.90. The number of thiocarbonyl (C=S) groups is 1. The molecular weight excluding hydrogens is 248 g/mol. The molecule has 0 spiro atoms. The molecule has 0 aliphatic rings. The Kier molecular flexibility index (Phi) is 14.1. The lowest BCUT2D eigenvalue weighted by atomic mass is 10.1. The molecule has 17 heavy (non-hydrogen) atoms. The van der Waals surface area contributed by atoms with E-state index in [9.17, 15) is 0 Å². The zero-order valence-electron chi connectivity index (χ0n) is 11.2. The molecule has 0 saturated heterocycles. The fraction of sp³-hybridized carbons (Fsp3) is 0.923. The molecule has 0 bridgehead atoms. The lowest BCUT2D eigenvalue weighted by Crippen LogP contribution is -2.22. The van der Waals surface area contributed by atoms with Gasteiger partial charge in [0.1, 0.15) is 0 Å². The number of nitrogens with two attached hydrogens (primary N) is 1. The van der Waals surface area contributed by atoms with Crippen molar-refractivity contribution in [3.63, 3.8) is 0 Å². The van der Waals surface area contributed by atoms with Crippen LogP contribution >= 0.6 is 24.2 Å². The highest BCUT2D eigenvalue weighted by atomic mass is 32.2. The van der Waals surface area contributed by atoms with Crippen molar-refractivity contribution in [1.29, 1.82) is 0 Å². The summed E-state index contributed by atoms with van der Waals surface area (Å²) in [6.45, 7) is 2.27. The van der Waals surface area contributed by atoms with Crippen molar-refractivity contribution in [1.82, 2.24) is 4.72 Å². The normalized spacial score (nSPS) is 10.4. The lowest BCUT2D eigenvalue weighted by Gasteiger charge is -2.03. The molecular formula is C13H28N2S2. The minimum Gasteiger partial charge on any atom is -0.376 e. The predicted molar refractivity (Wildman–Crippen MR) is 84.2 cm³/mol. The van der Waals surface area contributed by atoms with Gasteiger partial charge < -0.3 is 10.5 Å². The number of nitrogens with one attached hydrogen (secondary N) is 1. The summed E-state index contributed by atoms with van der Waals surface area (Å²) in [6, 6.07) is 0. The Labute approximate surface area is 117 Å². The van der Waals surface area contributed by atoms with Gasteiger partial charge in [-0.25, -0.2) is 0 Å². The largest absolute Gasteiger partial charge is 0.376 e. The summed E-state index contributed by atoms with van der Waals surface area (Å²) in [5, 5.41) is 0.391. The SMILES string of the molecule is CCCCCCCCCCCCSNC(N)=S. The topological polar surface area (TPSA) is 38.0 Å². The van der Waals surface area contributed by atoms with Gasteiger partial charge in [-0.15, -0.1) is 0 Å². The molecule has 0 fully saturated rings. The second-order valence-electron chi connectivity index (χ2n) is 4.50. The van der Waals surface area contributed by atoms with E-state index in [2.05, 4.69) is 11.6 Å². The number of hydrogen-bond acceptors (Lipinski definition) is 2. The first-order valence-electron chi connectivity index (χ1n) is 6.94. The van der Waals surface area contributed by atoms with Crippen LogP contribution in [-0.4, -0.2) is 10.9 Å². The molecule has 0 aliphatic heterocycles. The standard InChI is InChI=1S/C13H28N2S2/c1-2-3-4-5-6-7-8-9-10-11-12-17-15-13(14)16/h2-12H2,1H3,(H3,14,15,16). The summed E-state index contributed by atoms with van der Waals surface area (Å²) >= 11 is 6.34. The monoisotopic (exact) mass is 276 g/mol. The number of rotatable bonds is 12. The van der Waals surface area contributed by atoms with Gasteiger partial charge in [-0.3, -0.25) is 0 Å². The average molecular weight is 277 g/mol. The fourth-order valence-corrected chi connectivity index (χ4v) is 2.55. The molecule has 0 radical (unpaired) electrons. The number of hydrogen-bond donors (Lipinski definition) is 2. The molecule has 0 aliphatic carbocycles. The van der Waals surface area contributed by atoms with E-state index in [1.165, 1.54) is 64.2 Å². The van der Waals surface area contributed by atoms with E-state index in [1.807, 2.05) is 0 Å². The molecule has 0 atom stereocenters. The van der Waals surface area contributed by atoms with Crippen LogP contribution in [0.25, 0.3) is 0 Å². The van der Waals surface area contributed by atoms with Gasteiger partial charge in [0.25, 0.3) is 0 Å². The smallest absolute Gasteiger partial charge is 0.173 e. The third-order valence-corrected chi connectivity index (χ3v) is 3.86. The highest BCUT2D eigenvalue weighted by Gasteiger charge is 1.93. The Morgan fingerprint density at radius 2 is 1.41 bits per heavy atom. The van der Waals surface area contributed by atoms with Crippen molar-refractivity contribution in [3.8, 4) is 0 Å². The van der Waals surface area contributed by atoms with Crippen LogP contribution in [0.5, 0.6) is 0 Å². The Morgan fingerprint density at radius 3 is 1.88 bits per heavy atom. The van der Waals surface area contributed by atoms with Gasteiger partial charge in [-0.2, -0.15) is 0 Å².